The van der Waals surface area contributed by atoms with E-state index in [9.17, 15) is 22.4 Å². The molecule has 0 radical (unpaired) electrons. The first-order chi connectivity index (χ1) is 11.8. The molecule has 1 aromatic rings. The van der Waals surface area contributed by atoms with Crippen molar-refractivity contribution in [1.29, 1.82) is 0 Å². The maximum Gasteiger partial charge on any atom is 0.322 e. The Kier molecular flexibility index (Phi) is 6.45. The molecule has 1 aromatic carbocycles. The van der Waals surface area contributed by atoms with Crippen molar-refractivity contribution in [2.45, 2.75) is 11.3 Å². The maximum absolute atomic E-state index is 13.0. The molecule has 0 bridgehead atoms. The van der Waals surface area contributed by atoms with Crippen LogP contribution in [0.1, 0.15) is 6.42 Å². The van der Waals surface area contributed by atoms with Gasteiger partial charge in [-0.3, -0.25) is 14.5 Å². The van der Waals surface area contributed by atoms with Gasteiger partial charge >= 0.3 is 5.97 Å². The van der Waals surface area contributed by atoms with Gasteiger partial charge in [0.05, 0.1) is 11.4 Å². The van der Waals surface area contributed by atoms with E-state index in [-0.39, 0.29) is 18.0 Å². The standard InChI is InChI=1S/C15H20FN3O5S/c16-12-2-4-13(5-3-12)25(23,24)19-7-1-6-18(8-9-19)11-14(20)17-10-15(21)22/h2-5H,1,6-11H2,(H,17,20)(H,21,22). The molecule has 0 atom stereocenters. The van der Waals surface area contributed by atoms with Crippen molar-refractivity contribution in [3.05, 3.63) is 30.1 Å². The van der Waals surface area contributed by atoms with Gasteiger partial charge in [0.1, 0.15) is 12.4 Å². The molecular formula is C15H20FN3O5S. The minimum Gasteiger partial charge on any atom is -0.480 e. The van der Waals surface area contributed by atoms with E-state index >= 15 is 0 Å². The Morgan fingerprint density at radius 3 is 2.44 bits per heavy atom. The van der Waals surface area contributed by atoms with Crippen LogP contribution < -0.4 is 5.32 Å². The van der Waals surface area contributed by atoms with E-state index in [2.05, 4.69) is 5.32 Å². The number of carboxylic acid groups (broad SMARTS) is 1. The molecule has 1 fully saturated rings. The lowest BCUT2D eigenvalue weighted by Gasteiger charge is -2.21. The van der Waals surface area contributed by atoms with Crippen molar-refractivity contribution in [3.63, 3.8) is 0 Å². The average molecular weight is 373 g/mol. The van der Waals surface area contributed by atoms with Crippen LogP contribution in [0.25, 0.3) is 0 Å². The zero-order chi connectivity index (χ0) is 18.4. The van der Waals surface area contributed by atoms with Crippen molar-refractivity contribution in [2.75, 3.05) is 39.3 Å². The van der Waals surface area contributed by atoms with Gasteiger partial charge in [-0.15, -0.1) is 0 Å². The number of aliphatic carboxylic acids is 1. The van der Waals surface area contributed by atoms with E-state index in [1.54, 1.807) is 4.90 Å². The van der Waals surface area contributed by atoms with E-state index < -0.39 is 34.3 Å². The van der Waals surface area contributed by atoms with Gasteiger partial charge < -0.3 is 10.4 Å². The molecule has 0 aliphatic carbocycles. The highest BCUT2D eigenvalue weighted by Crippen LogP contribution is 2.18. The Hall–Kier alpha value is -2.04. The van der Waals surface area contributed by atoms with Gasteiger partial charge in [0.25, 0.3) is 0 Å². The molecule has 1 aliphatic rings. The third kappa shape index (κ3) is 5.48. The number of halogens is 1. The third-order valence-electron chi connectivity index (χ3n) is 3.80. The van der Waals surface area contributed by atoms with Crippen LogP contribution in [-0.2, 0) is 19.6 Å². The summed E-state index contributed by atoms with van der Waals surface area (Å²) in [6.07, 6.45) is 0.534. The Morgan fingerprint density at radius 2 is 1.80 bits per heavy atom. The summed E-state index contributed by atoms with van der Waals surface area (Å²) < 4.78 is 39.5. The fraction of sp³-hybridized carbons (Fsp3) is 0.467. The minimum atomic E-state index is -3.71. The number of carbonyl (C=O) groups excluding carboxylic acids is 1. The average Bonchev–Trinajstić information content (AvgIpc) is 2.79. The van der Waals surface area contributed by atoms with Crippen LogP contribution in [0.4, 0.5) is 4.39 Å². The second kappa shape index (κ2) is 8.37. The van der Waals surface area contributed by atoms with Gasteiger partial charge in [0.2, 0.25) is 15.9 Å². The molecule has 0 unspecified atom stereocenters. The van der Waals surface area contributed by atoms with Crippen molar-refractivity contribution in [2.24, 2.45) is 0 Å². The molecule has 1 saturated heterocycles. The van der Waals surface area contributed by atoms with Crippen molar-refractivity contribution >= 4 is 21.9 Å². The molecule has 138 valence electrons. The number of nitrogens with zero attached hydrogens (tertiary/aromatic N) is 2. The van der Waals surface area contributed by atoms with Gasteiger partial charge in [-0.1, -0.05) is 0 Å². The van der Waals surface area contributed by atoms with Crippen molar-refractivity contribution in [3.8, 4) is 0 Å². The van der Waals surface area contributed by atoms with Crippen LogP contribution in [-0.4, -0.2) is 73.9 Å². The van der Waals surface area contributed by atoms with Gasteiger partial charge in [-0.05, 0) is 37.2 Å². The molecule has 1 amide bonds. The second-order valence-electron chi connectivity index (χ2n) is 5.66. The van der Waals surface area contributed by atoms with Crippen molar-refractivity contribution < 1.29 is 27.5 Å². The lowest BCUT2D eigenvalue weighted by Crippen LogP contribution is -2.41. The van der Waals surface area contributed by atoms with Gasteiger partial charge in [0, 0.05) is 19.6 Å². The number of amides is 1. The van der Waals surface area contributed by atoms with Crippen LogP contribution in [0.5, 0.6) is 0 Å². The Balaban J connectivity index is 1.95. The fourth-order valence-electron chi connectivity index (χ4n) is 2.53. The quantitative estimate of drug-likeness (QED) is 0.710. The van der Waals surface area contributed by atoms with E-state index in [0.29, 0.717) is 26.1 Å². The summed E-state index contributed by atoms with van der Waals surface area (Å²) in [6, 6.07) is 4.66. The first kappa shape index (κ1) is 19.3. The molecule has 1 heterocycles. The predicted molar refractivity (Wildman–Crippen MR) is 86.9 cm³/mol. The minimum absolute atomic E-state index is 0.0116. The number of carbonyl (C=O) groups is 2. The van der Waals surface area contributed by atoms with Gasteiger partial charge in [-0.2, -0.15) is 4.31 Å². The molecule has 2 N–H and O–H groups in total. The third-order valence-corrected chi connectivity index (χ3v) is 5.72. The lowest BCUT2D eigenvalue weighted by molar-refractivity contribution is -0.138. The second-order valence-corrected chi connectivity index (χ2v) is 7.60. The Morgan fingerprint density at radius 1 is 1.12 bits per heavy atom. The SMILES string of the molecule is O=C(O)CNC(=O)CN1CCCN(S(=O)(=O)c2ccc(F)cc2)CC1. The number of rotatable bonds is 6. The summed E-state index contributed by atoms with van der Waals surface area (Å²) in [5, 5.41) is 10.8. The largest absolute Gasteiger partial charge is 0.480 e. The molecule has 0 aromatic heterocycles. The molecule has 0 spiro atoms. The summed E-state index contributed by atoms with van der Waals surface area (Å²) in [4.78, 5) is 23.9. The van der Waals surface area contributed by atoms with E-state index in [4.69, 9.17) is 5.11 Å². The fourth-order valence-corrected chi connectivity index (χ4v) is 4.00. The van der Waals surface area contributed by atoms with Crippen molar-refractivity contribution in [1.82, 2.24) is 14.5 Å². The first-order valence-electron chi connectivity index (χ1n) is 7.75. The molecule has 25 heavy (non-hydrogen) atoms. The van der Waals surface area contributed by atoms with E-state index in [0.717, 1.165) is 12.1 Å². The summed E-state index contributed by atoms with van der Waals surface area (Å²) >= 11 is 0. The maximum atomic E-state index is 13.0. The van der Waals surface area contributed by atoms with Crippen LogP contribution in [0, 0.1) is 5.82 Å². The Labute approximate surface area is 145 Å². The Bertz CT molecular complexity index is 723. The molecule has 10 heteroatoms. The van der Waals surface area contributed by atoms with Crippen LogP contribution in [0.15, 0.2) is 29.2 Å². The van der Waals surface area contributed by atoms with Crippen LogP contribution >= 0.6 is 0 Å². The normalized spacial score (nSPS) is 17.0. The number of hydrogen-bond donors (Lipinski definition) is 2. The number of benzene rings is 1. The smallest absolute Gasteiger partial charge is 0.322 e. The predicted octanol–water partition coefficient (Wildman–Crippen LogP) is -0.277. The lowest BCUT2D eigenvalue weighted by atomic mass is 10.4. The highest BCUT2D eigenvalue weighted by molar-refractivity contribution is 7.89. The number of hydrogen-bond acceptors (Lipinski definition) is 5. The van der Waals surface area contributed by atoms with E-state index in [1.165, 1.54) is 16.4 Å². The highest BCUT2D eigenvalue weighted by atomic mass is 32.2. The number of nitrogens with one attached hydrogen (secondary N) is 1. The van der Waals surface area contributed by atoms with Gasteiger partial charge in [-0.25, -0.2) is 12.8 Å². The number of carboxylic acids is 1. The monoisotopic (exact) mass is 373 g/mol. The van der Waals surface area contributed by atoms with Crippen LogP contribution in [0.3, 0.4) is 0 Å². The van der Waals surface area contributed by atoms with E-state index in [1.807, 2.05) is 0 Å². The van der Waals surface area contributed by atoms with Gasteiger partial charge in [0.15, 0.2) is 0 Å². The molecule has 0 saturated carbocycles. The molecule has 8 nitrogen and oxygen atoms in total. The molecular weight excluding hydrogens is 353 g/mol. The first-order valence-corrected chi connectivity index (χ1v) is 9.19. The number of sulfonamides is 1. The zero-order valence-electron chi connectivity index (χ0n) is 13.5. The molecule has 2 rings (SSSR count). The van der Waals surface area contributed by atoms with Crippen LogP contribution in [0.2, 0.25) is 0 Å². The topological polar surface area (TPSA) is 107 Å². The molecule has 1 aliphatic heterocycles. The zero-order valence-corrected chi connectivity index (χ0v) is 14.3. The summed E-state index contributed by atoms with van der Waals surface area (Å²) in [5.74, 6) is -2.05. The summed E-state index contributed by atoms with van der Waals surface area (Å²) in [5.41, 5.74) is 0. The summed E-state index contributed by atoms with van der Waals surface area (Å²) in [7, 11) is -3.71. The highest BCUT2D eigenvalue weighted by Gasteiger charge is 2.27. The summed E-state index contributed by atoms with van der Waals surface area (Å²) in [6.45, 7) is 0.936.